The van der Waals surface area contributed by atoms with Crippen LogP contribution in [0.1, 0.15) is 33.4 Å². The number of carbonyl (C=O) groups excluding carboxylic acids is 1. The first-order valence-electron chi connectivity index (χ1n) is 12.9. The van der Waals surface area contributed by atoms with Crippen LogP contribution in [0.5, 0.6) is 5.75 Å². The smallest absolute Gasteiger partial charge is 0.459 e. The molecule has 15 heteroatoms. The molecule has 0 bridgehead atoms. The van der Waals surface area contributed by atoms with Gasteiger partial charge in [0.15, 0.2) is 11.5 Å². The highest BCUT2D eigenvalue weighted by atomic mass is 31.2. The lowest BCUT2D eigenvalue weighted by atomic mass is 9.82. The van der Waals surface area contributed by atoms with Crippen molar-refractivity contribution in [1.29, 1.82) is 5.26 Å². The molecule has 220 valence electrons. The van der Waals surface area contributed by atoms with E-state index in [4.69, 9.17) is 24.3 Å². The third kappa shape index (κ3) is 5.64. The number of benzene rings is 1. The number of nitrogen functional groups attached to an aromatic ring is 1. The van der Waals surface area contributed by atoms with Crippen LogP contribution in [-0.2, 0) is 29.0 Å². The minimum Gasteiger partial charge on any atom is -0.465 e. The summed E-state index contributed by atoms with van der Waals surface area (Å²) in [4.78, 5) is 16.5. The van der Waals surface area contributed by atoms with Crippen molar-refractivity contribution in [1.82, 2.24) is 19.7 Å². The molecular formula is C26H32FN6O7P. The number of ether oxygens (including phenoxy) is 2. The van der Waals surface area contributed by atoms with E-state index in [1.165, 1.54) is 28.8 Å². The van der Waals surface area contributed by atoms with E-state index in [1.54, 1.807) is 39.0 Å². The summed E-state index contributed by atoms with van der Waals surface area (Å²) in [5.74, 6) is -0.830. The number of hydrogen-bond acceptors (Lipinski definition) is 11. The van der Waals surface area contributed by atoms with Crippen LogP contribution in [0.3, 0.4) is 0 Å². The highest BCUT2D eigenvalue weighted by Gasteiger charge is 2.67. The van der Waals surface area contributed by atoms with E-state index >= 15 is 4.39 Å². The molecule has 1 aromatic carbocycles. The molecule has 0 aliphatic carbocycles. The normalized spacial score (nSPS) is 26.4. The number of nitrogens with one attached hydrogen (secondary N) is 1. The number of aliphatic hydroxyl groups is 1. The minimum absolute atomic E-state index is 0.0420. The third-order valence-corrected chi connectivity index (χ3v) is 8.34. The molecule has 3 aromatic rings. The SMILES string of the molecule is CCOC(=O)[C@@H](NP(=O)(OC[C@H]1O[C@@](C#N)(c2ccc3c(N)ncnn23)[C@](C)(F)[C@@H]1O)Oc1ccccc1)C(C)C. The minimum atomic E-state index is -4.40. The molecule has 0 radical (unpaired) electrons. The molecule has 6 atom stereocenters. The lowest BCUT2D eigenvalue weighted by molar-refractivity contribution is -0.146. The average molecular weight is 591 g/mol. The molecule has 0 amide bonds. The first kappa shape index (κ1) is 30.4. The highest BCUT2D eigenvalue weighted by molar-refractivity contribution is 7.52. The molecule has 41 heavy (non-hydrogen) atoms. The number of para-hydroxylation sites is 1. The fourth-order valence-corrected chi connectivity index (χ4v) is 6.24. The number of halogens is 1. The number of esters is 1. The van der Waals surface area contributed by atoms with Crippen molar-refractivity contribution >= 4 is 25.1 Å². The van der Waals surface area contributed by atoms with Crippen LogP contribution in [0, 0.1) is 17.2 Å². The number of aliphatic hydroxyl groups excluding tert-OH is 1. The van der Waals surface area contributed by atoms with Crippen LogP contribution in [0.15, 0.2) is 48.8 Å². The molecule has 0 spiro atoms. The second kappa shape index (κ2) is 11.7. The highest BCUT2D eigenvalue weighted by Crippen LogP contribution is 2.52. The number of nitrogens with two attached hydrogens (primary N) is 1. The molecule has 1 unspecified atom stereocenters. The zero-order valence-corrected chi connectivity index (χ0v) is 23.8. The number of aromatic nitrogens is 3. The summed E-state index contributed by atoms with van der Waals surface area (Å²) in [5.41, 5.74) is 1.10. The maximum Gasteiger partial charge on any atom is 0.459 e. The largest absolute Gasteiger partial charge is 0.465 e. The fraction of sp³-hybridized carbons (Fsp3) is 0.462. The van der Waals surface area contributed by atoms with Crippen molar-refractivity contribution in [2.24, 2.45) is 5.92 Å². The van der Waals surface area contributed by atoms with Crippen molar-refractivity contribution in [2.45, 2.75) is 57.2 Å². The van der Waals surface area contributed by atoms with Crippen LogP contribution in [0.25, 0.3) is 5.52 Å². The maximum absolute atomic E-state index is 16.3. The predicted octanol–water partition coefficient (Wildman–Crippen LogP) is 2.90. The van der Waals surface area contributed by atoms with Gasteiger partial charge < -0.3 is 24.8 Å². The molecule has 1 aliphatic rings. The zero-order valence-electron chi connectivity index (χ0n) is 22.9. The Morgan fingerprint density at radius 1 is 1.34 bits per heavy atom. The van der Waals surface area contributed by atoms with Crippen LogP contribution < -0.4 is 15.3 Å². The number of hydrogen-bond donors (Lipinski definition) is 3. The van der Waals surface area contributed by atoms with Crippen molar-refractivity contribution in [3.63, 3.8) is 0 Å². The second-order valence-corrected chi connectivity index (χ2v) is 11.6. The predicted molar refractivity (Wildman–Crippen MR) is 144 cm³/mol. The van der Waals surface area contributed by atoms with E-state index in [9.17, 15) is 19.7 Å². The molecule has 1 aliphatic heterocycles. The van der Waals surface area contributed by atoms with Crippen LogP contribution in [0.4, 0.5) is 10.2 Å². The summed E-state index contributed by atoms with van der Waals surface area (Å²) in [6, 6.07) is 11.7. The Bertz CT molecular complexity index is 1480. The van der Waals surface area contributed by atoms with E-state index in [2.05, 4.69) is 15.2 Å². The van der Waals surface area contributed by atoms with E-state index in [0.717, 1.165) is 13.3 Å². The Kier molecular flexibility index (Phi) is 8.67. The van der Waals surface area contributed by atoms with E-state index in [0.29, 0.717) is 5.52 Å². The Morgan fingerprint density at radius 2 is 2.05 bits per heavy atom. The number of carbonyl (C=O) groups is 1. The first-order valence-corrected chi connectivity index (χ1v) is 14.4. The Hall–Kier alpha value is -3.60. The third-order valence-electron chi connectivity index (χ3n) is 6.81. The van der Waals surface area contributed by atoms with Gasteiger partial charge in [-0.2, -0.15) is 15.4 Å². The summed E-state index contributed by atoms with van der Waals surface area (Å²) in [6.07, 6.45) is -2.28. The topological polar surface area (TPSA) is 183 Å². The van der Waals surface area contributed by atoms with Crippen molar-refractivity contribution in [3.8, 4) is 11.8 Å². The number of anilines is 1. The number of fused-ring (bicyclic) bond motifs is 1. The van der Waals surface area contributed by atoms with E-state index in [1.807, 2.05) is 6.07 Å². The monoisotopic (exact) mass is 590 g/mol. The molecule has 0 saturated carbocycles. The molecule has 1 fully saturated rings. The number of rotatable bonds is 11. The van der Waals surface area contributed by atoms with Gasteiger partial charge in [-0.15, -0.1) is 0 Å². The van der Waals surface area contributed by atoms with Crippen molar-refractivity contribution in [2.75, 3.05) is 18.9 Å². The van der Waals surface area contributed by atoms with Crippen molar-refractivity contribution in [3.05, 3.63) is 54.5 Å². The summed E-state index contributed by atoms with van der Waals surface area (Å²) < 4.78 is 53.8. The molecule has 13 nitrogen and oxygen atoms in total. The number of alkyl halides is 1. The van der Waals surface area contributed by atoms with Crippen LogP contribution in [0.2, 0.25) is 0 Å². The molecule has 2 aromatic heterocycles. The molecular weight excluding hydrogens is 558 g/mol. The van der Waals surface area contributed by atoms with E-state index in [-0.39, 0.29) is 23.9 Å². The van der Waals surface area contributed by atoms with Gasteiger partial charge in [0.2, 0.25) is 5.60 Å². The molecule has 3 heterocycles. The van der Waals surface area contributed by atoms with E-state index < -0.39 is 55.8 Å². The van der Waals surface area contributed by atoms with Gasteiger partial charge in [0.05, 0.1) is 18.9 Å². The number of nitriles is 1. The van der Waals surface area contributed by atoms with Gasteiger partial charge in [-0.3, -0.25) is 9.32 Å². The fourth-order valence-electron chi connectivity index (χ4n) is 4.57. The quantitative estimate of drug-likeness (QED) is 0.220. The van der Waals surface area contributed by atoms with Gasteiger partial charge in [-0.25, -0.2) is 18.5 Å². The summed E-state index contributed by atoms with van der Waals surface area (Å²) in [6.45, 7) is 5.47. The van der Waals surface area contributed by atoms with Gasteiger partial charge in [0.25, 0.3) is 0 Å². The summed E-state index contributed by atoms with van der Waals surface area (Å²) in [5, 5.41) is 27.9. The standard InChI is InChI=1S/C26H32FN6O7P/c1-5-37-24(35)21(16(2)3)32-41(36,40-17-9-7-6-8-10-17)38-13-19-22(34)25(4,27)26(14-28,39-19)20-12-11-18-23(29)30-15-31-33(18)20/h6-12,15-16,19,21-22,34H,5,13H2,1-4H3,(H,32,36)(H2,29,30,31)/t19-,21+,22-,25-,26+,41?/m1/s1. The van der Waals surface area contributed by atoms with Gasteiger partial charge in [-0.05, 0) is 44.0 Å². The Balaban J connectivity index is 1.65. The molecule has 4 rings (SSSR count). The number of nitrogens with zero attached hydrogens (tertiary/aromatic N) is 4. The molecule has 1 saturated heterocycles. The second-order valence-electron chi connectivity index (χ2n) is 9.93. The molecule has 4 N–H and O–H groups in total. The summed E-state index contributed by atoms with van der Waals surface area (Å²) in [7, 11) is -4.40. The lowest BCUT2D eigenvalue weighted by Gasteiger charge is -2.30. The lowest BCUT2D eigenvalue weighted by Crippen LogP contribution is -2.48. The zero-order chi connectivity index (χ0) is 30.0. The Labute approximate surface area is 235 Å². The maximum atomic E-state index is 16.3. The van der Waals surface area contributed by atoms with Crippen molar-refractivity contribution < 1.29 is 37.4 Å². The van der Waals surface area contributed by atoms with Crippen LogP contribution >= 0.6 is 7.75 Å². The first-order chi connectivity index (χ1) is 19.4. The average Bonchev–Trinajstić information content (AvgIpc) is 3.45. The van der Waals surface area contributed by atoms with Crippen LogP contribution in [-0.4, -0.2) is 62.8 Å². The Morgan fingerprint density at radius 3 is 2.68 bits per heavy atom. The van der Waals surface area contributed by atoms with Gasteiger partial charge >= 0.3 is 13.7 Å². The van der Waals surface area contributed by atoms with Gasteiger partial charge in [0.1, 0.15) is 41.9 Å². The van der Waals surface area contributed by atoms with Gasteiger partial charge in [-0.1, -0.05) is 32.0 Å². The summed E-state index contributed by atoms with van der Waals surface area (Å²) >= 11 is 0. The van der Waals surface area contributed by atoms with Gasteiger partial charge in [0, 0.05) is 0 Å².